The highest BCUT2D eigenvalue weighted by molar-refractivity contribution is 6.30. The molecule has 1 amide bonds. The number of nitrogens with one attached hydrogen (secondary N) is 1. The van der Waals surface area contributed by atoms with Gasteiger partial charge in [0.25, 0.3) is 5.91 Å². The number of benzene rings is 1. The number of amides is 1. The van der Waals surface area contributed by atoms with Gasteiger partial charge in [-0.3, -0.25) is 9.78 Å². The molecule has 3 rings (SSSR count). The Labute approximate surface area is 140 Å². The fourth-order valence-corrected chi connectivity index (χ4v) is 2.62. The van der Waals surface area contributed by atoms with Crippen molar-refractivity contribution in [2.75, 3.05) is 38.5 Å². The number of carbonyl (C=O) groups excluding carboxylic acids is 1. The minimum Gasteiger partial charge on any atom is -0.355 e. The predicted octanol–water partition coefficient (Wildman–Crippen LogP) is 2.87. The second-order valence-electron chi connectivity index (χ2n) is 5.66. The summed E-state index contributed by atoms with van der Waals surface area (Å²) in [7, 11) is 2.07. The minimum atomic E-state index is -0.0159. The van der Waals surface area contributed by atoms with E-state index >= 15 is 0 Å². The van der Waals surface area contributed by atoms with Crippen molar-refractivity contribution in [2.24, 2.45) is 0 Å². The third-order valence-corrected chi connectivity index (χ3v) is 4.15. The molecule has 6 heteroatoms. The summed E-state index contributed by atoms with van der Waals surface area (Å²) >= 11 is 5.89. The maximum Gasteiger partial charge on any atom is 0.272 e. The molecular weight excluding hydrogens is 312 g/mol. The summed E-state index contributed by atoms with van der Waals surface area (Å²) in [5.74, 6) is -0.0159. The molecule has 0 atom stereocenters. The summed E-state index contributed by atoms with van der Waals surface area (Å²) in [4.78, 5) is 20.9. The van der Waals surface area contributed by atoms with Crippen LogP contribution >= 0.6 is 11.6 Å². The first kappa shape index (κ1) is 15.8. The summed E-state index contributed by atoms with van der Waals surface area (Å²) in [5.41, 5.74) is 2.21. The van der Waals surface area contributed by atoms with Gasteiger partial charge in [0.05, 0.1) is 0 Å². The molecule has 1 aliphatic heterocycles. The molecular formula is C17H19ClN4O. The van der Waals surface area contributed by atoms with E-state index in [1.165, 1.54) is 0 Å². The normalized spacial score (nSPS) is 15.5. The SMILES string of the molecule is CN1CCN(C(=O)c2cc(Nc3ccc(Cl)cc3)ccn2)CC1. The maximum atomic E-state index is 12.6. The predicted molar refractivity (Wildman–Crippen MR) is 92.4 cm³/mol. The van der Waals surface area contributed by atoms with Crippen molar-refractivity contribution in [1.29, 1.82) is 0 Å². The Kier molecular flexibility index (Phi) is 4.79. The molecule has 0 unspecified atom stereocenters. The molecule has 1 N–H and O–H groups in total. The van der Waals surface area contributed by atoms with Crippen molar-refractivity contribution in [3.63, 3.8) is 0 Å². The average molecular weight is 331 g/mol. The number of carbonyl (C=O) groups is 1. The molecule has 23 heavy (non-hydrogen) atoms. The van der Waals surface area contributed by atoms with Gasteiger partial charge < -0.3 is 15.1 Å². The summed E-state index contributed by atoms with van der Waals surface area (Å²) < 4.78 is 0. The molecule has 1 aromatic heterocycles. The second kappa shape index (κ2) is 6.98. The standard InChI is InChI=1S/C17H19ClN4O/c1-21-8-10-22(11-9-21)17(23)16-12-15(6-7-19-16)20-14-4-2-13(18)3-5-14/h2-7,12H,8-11H2,1H3,(H,19,20). The zero-order chi connectivity index (χ0) is 16.2. The van der Waals surface area contributed by atoms with E-state index in [9.17, 15) is 4.79 Å². The highest BCUT2D eigenvalue weighted by Crippen LogP contribution is 2.19. The van der Waals surface area contributed by atoms with Crippen LogP contribution in [0.25, 0.3) is 0 Å². The van der Waals surface area contributed by atoms with Gasteiger partial charge in [0.1, 0.15) is 5.69 Å². The van der Waals surface area contributed by atoms with Gasteiger partial charge in [0, 0.05) is 48.8 Å². The molecule has 0 spiro atoms. The Hall–Kier alpha value is -2.11. The molecule has 2 aromatic rings. The number of hydrogen-bond acceptors (Lipinski definition) is 4. The number of aromatic nitrogens is 1. The van der Waals surface area contributed by atoms with Crippen LogP contribution in [-0.2, 0) is 0 Å². The monoisotopic (exact) mass is 330 g/mol. The van der Waals surface area contributed by atoms with Crippen LogP contribution in [-0.4, -0.2) is 53.9 Å². The van der Waals surface area contributed by atoms with Crippen molar-refractivity contribution < 1.29 is 4.79 Å². The molecule has 1 saturated heterocycles. The largest absolute Gasteiger partial charge is 0.355 e. The Morgan fingerprint density at radius 1 is 1.09 bits per heavy atom. The van der Waals surface area contributed by atoms with Crippen LogP contribution in [0.4, 0.5) is 11.4 Å². The lowest BCUT2D eigenvalue weighted by molar-refractivity contribution is 0.0658. The second-order valence-corrected chi connectivity index (χ2v) is 6.09. The lowest BCUT2D eigenvalue weighted by Gasteiger charge is -2.32. The molecule has 0 radical (unpaired) electrons. The van der Waals surface area contributed by atoms with Crippen LogP contribution in [0.2, 0.25) is 5.02 Å². The van der Waals surface area contributed by atoms with E-state index in [1.807, 2.05) is 35.2 Å². The first-order valence-corrected chi connectivity index (χ1v) is 7.96. The Balaban J connectivity index is 1.71. The van der Waals surface area contributed by atoms with E-state index in [0.717, 1.165) is 37.6 Å². The van der Waals surface area contributed by atoms with Crippen molar-refractivity contribution in [1.82, 2.24) is 14.8 Å². The summed E-state index contributed by atoms with van der Waals surface area (Å²) in [5, 5.41) is 3.95. The lowest BCUT2D eigenvalue weighted by Crippen LogP contribution is -2.47. The van der Waals surface area contributed by atoms with Crippen molar-refractivity contribution in [3.8, 4) is 0 Å². The van der Waals surface area contributed by atoms with Crippen molar-refractivity contribution >= 4 is 28.9 Å². The van der Waals surface area contributed by atoms with Gasteiger partial charge in [-0.1, -0.05) is 11.6 Å². The molecule has 1 fully saturated rings. The van der Waals surface area contributed by atoms with E-state index in [-0.39, 0.29) is 5.91 Å². The molecule has 2 heterocycles. The Bertz CT molecular complexity index is 681. The fourth-order valence-electron chi connectivity index (χ4n) is 2.50. The van der Waals surface area contributed by atoms with Crippen LogP contribution < -0.4 is 5.32 Å². The number of rotatable bonds is 3. The number of likely N-dealkylation sites (N-methyl/N-ethyl adjacent to an activating group) is 1. The smallest absolute Gasteiger partial charge is 0.272 e. The van der Waals surface area contributed by atoms with E-state index in [1.54, 1.807) is 12.3 Å². The van der Waals surface area contributed by atoms with Crippen LogP contribution in [0.1, 0.15) is 10.5 Å². The number of nitrogens with zero attached hydrogens (tertiary/aromatic N) is 3. The van der Waals surface area contributed by atoms with E-state index in [0.29, 0.717) is 10.7 Å². The van der Waals surface area contributed by atoms with Crippen LogP contribution in [0.3, 0.4) is 0 Å². The first-order valence-electron chi connectivity index (χ1n) is 7.58. The van der Waals surface area contributed by atoms with Crippen molar-refractivity contribution in [2.45, 2.75) is 0 Å². The van der Waals surface area contributed by atoms with Crippen LogP contribution in [0.5, 0.6) is 0 Å². The maximum absolute atomic E-state index is 12.6. The van der Waals surface area contributed by atoms with Gasteiger partial charge in [0.2, 0.25) is 0 Å². The molecule has 5 nitrogen and oxygen atoms in total. The van der Waals surface area contributed by atoms with Gasteiger partial charge >= 0.3 is 0 Å². The molecule has 1 aromatic carbocycles. The van der Waals surface area contributed by atoms with E-state index < -0.39 is 0 Å². The molecule has 0 saturated carbocycles. The summed E-state index contributed by atoms with van der Waals surface area (Å²) in [6.45, 7) is 3.28. The number of hydrogen-bond donors (Lipinski definition) is 1. The number of piperazine rings is 1. The van der Waals surface area contributed by atoms with E-state index in [2.05, 4.69) is 22.2 Å². The zero-order valence-corrected chi connectivity index (χ0v) is 13.8. The number of pyridine rings is 1. The lowest BCUT2D eigenvalue weighted by atomic mass is 10.2. The highest BCUT2D eigenvalue weighted by Gasteiger charge is 2.21. The molecule has 120 valence electrons. The van der Waals surface area contributed by atoms with Crippen LogP contribution in [0, 0.1) is 0 Å². The molecule has 0 bridgehead atoms. The minimum absolute atomic E-state index is 0.0159. The first-order chi connectivity index (χ1) is 11.1. The highest BCUT2D eigenvalue weighted by atomic mass is 35.5. The quantitative estimate of drug-likeness (QED) is 0.940. The average Bonchev–Trinajstić information content (AvgIpc) is 2.57. The third-order valence-electron chi connectivity index (χ3n) is 3.90. The van der Waals surface area contributed by atoms with Crippen molar-refractivity contribution in [3.05, 3.63) is 53.3 Å². The number of halogens is 1. The molecule has 1 aliphatic rings. The van der Waals surface area contributed by atoms with Gasteiger partial charge in [-0.2, -0.15) is 0 Å². The van der Waals surface area contributed by atoms with Gasteiger partial charge in [0.15, 0.2) is 0 Å². The topological polar surface area (TPSA) is 48.5 Å². The van der Waals surface area contributed by atoms with Gasteiger partial charge in [-0.15, -0.1) is 0 Å². The third kappa shape index (κ3) is 4.00. The Morgan fingerprint density at radius 2 is 1.78 bits per heavy atom. The number of anilines is 2. The molecule has 0 aliphatic carbocycles. The van der Waals surface area contributed by atoms with Gasteiger partial charge in [-0.25, -0.2) is 0 Å². The zero-order valence-electron chi connectivity index (χ0n) is 13.0. The summed E-state index contributed by atoms with van der Waals surface area (Å²) in [6.07, 6.45) is 1.65. The van der Waals surface area contributed by atoms with E-state index in [4.69, 9.17) is 11.6 Å². The summed E-state index contributed by atoms with van der Waals surface area (Å²) in [6, 6.07) is 11.1. The van der Waals surface area contributed by atoms with Gasteiger partial charge in [-0.05, 0) is 43.4 Å². The van der Waals surface area contributed by atoms with Crippen LogP contribution in [0.15, 0.2) is 42.6 Å². The Morgan fingerprint density at radius 3 is 2.48 bits per heavy atom. The fraction of sp³-hybridized carbons (Fsp3) is 0.294.